The Morgan fingerprint density at radius 2 is 1.81 bits per heavy atom. The fourth-order valence-corrected chi connectivity index (χ4v) is 3.87. The molecule has 3 aromatic rings. The fraction of sp³-hybridized carbons (Fsp3) is 0.318. The molecule has 1 atom stereocenters. The Morgan fingerprint density at radius 3 is 2.42 bits per heavy atom. The minimum absolute atomic E-state index is 0.129. The molecule has 164 valence electrons. The third-order valence-electron chi connectivity index (χ3n) is 4.66. The smallest absolute Gasteiger partial charge is 0.234 e. The zero-order valence-corrected chi connectivity index (χ0v) is 19.7. The summed E-state index contributed by atoms with van der Waals surface area (Å²) in [5, 5.41) is 12.7. The number of ether oxygens (including phenoxy) is 2. The van der Waals surface area contributed by atoms with Gasteiger partial charge in [0, 0.05) is 17.8 Å². The number of amides is 1. The van der Waals surface area contributed by atoms with Gasteiger partial charge in [0.25, 0.3) is 0 Å². The van der Waals surface area contributed by atoms with Crippen molar-refractivity contribution in [1.82, 2.24) is 14.8 Å². The van der Waals surface area contributed by atoms with Crippen LogP contribution in [0.2, 0.25) is 5.02 Å². The summed E-state index contributed by atoms with van der Waals surface area (Å²) < 4.78 is 13.0. The number of aromatic nitrogens is 3. The Bertz CT molecular complexity index is 1050. The van der Waals surface area contributed by atoms with Crippen molar-refractivity contribution in [3.63, 3.8) is 0 Å². The van der Waals surface area contributed by atoms with Crippen molar-refractivity contribution in [2.45, 2.75) is 32.0 Å². The SMILES string of the molecule is COc1ccc(NC(=O)CSc2nnc(C(C)Oc3cc(C)c(Cl)c(C)c3)n2C)cc1. The van der Waals surface area contributed by atoms with Crippen LogP contribution in [0.25, 0.3) is 0 Å². The number of carbonyl (C=O) groups is 1. The van der Waals surface area contributed by atoms with E-state index < -0.39 is 0 Å². The van der Waals surface area contributed by atoms with Crippen molar-refractivity contribution in [1.29, 1.82) is 0 Å². The molecule has 2 aromatic carbocycles. The number of nitrogens with one attached hydrogen (secondary N) is 1. The monoisotopic (exact) mass is 460 g/mol. The van der Waals surface area contributed by atoms with E-state index in [1.807, 2.05) is 44.5 Å². The van der Waals surface area contributed by atoms with E-state index in [9.17, 15) is 4.79 Å². The molecule has 0 aliphatic heterocycles. The molecule has 31 heavy (non-hydrogen) atoms. The van der Waals surface area contributed by atoms with Crippen molar-refractivity contribution >= 4 is 35.0 Å². The van der Waals surface area contributed by atoms with E-state index in [2.05, 4.69) is 15.5 Å². The number of hydrogen-bond donors (Lipinski definition) is 1. The maximum absolute atomic E-state index is 12.3. The van der Waals surface area contributed by atoms with Gasteiger partial charge in [0.1, 0.15) is 11.5 Å². The zero-order valence-electron chi connectivity index (χ0n) is 18.1. The summed E-state index contributed by atoms with van der Waals surface area (Å²) in [5.41, 5.74) is 2.63. The number of aryl methyl sites for hydroxylation is 2. The topological polar surface area (TPSA) is 78.3 Å². The second-order valence-electron chi connectivity index (χ2n) is 7.10. The van der Waals surface area contributed by atoms with Crippen molar-refractivity contribution in [3.05, 3.63) is 58.4 Å². The average Bonchev–Trinajstić information content (AvgIpc) is 3.11. The lowest BCUT2D eigenvalue weighted by molar-refractivity contribution is -0.113. The molecule has 7 nitrogen and oxygen atoms in total. The van der Waals surface area contributed by atoms with Gasteiger partial charge in [-0.15, -0.1) is 10.2 Å². The van der Waals surface area contributed by atoms with Gasteiger partial charge < -0.3 is 19.4 Å². The lowest BCUT2D eigenvalue weighted by atomic mass is 10.1. The number of methoxy groups -OCH3 is 1. The van der Waals surface area contributed by atoms with E-state index in [4.69, 9.17) is 21.1 Å². The first-order valence-corrected chi connectivity index (χ1v) is 11.0. The normalized spacial score (nSPS) is 11.8. The number of thioether (sulfide) groups is 1. The van der Waals surface area contributed by atoms with E-state index >= 15 is 0 Å². The van der Waals surface area contributed by atoms with Gasteiger partial charge in [0.05, 0.1) is 12.9 Å². The molecule has 3 rings (SSSR count). The van der Waals surface area contributed by atoms with Crippen LogP contribution in [-0.4, -0.2) is 33.5 Å². The van der Waals surface area contributed by atoms with Crippen molar-refractivity contribution in [2.24, 2.45) is 7.05 Å². The van der Waals surface area contributed by atoms with Gasteiger partial charge in [0.15, 0.2) is 17.1 Å². The van der Waals surface area contributed by atoms with Gasteiger partial charge in [0.2, 0.25) is 5.91 Å². The molecular formula is C22H25ClN4O3S. The quantitative estimate of drug-likeness (QED) is 0.478. The minimum Gasteiger partial charge on any atom is -0.497 e. The second-order valence-corrected chi connectivity index (χ2v) is 8.42. The number of carbonyl (C=O) groups excluding carboxylic acids is 1. The molecule has 1 unspecified atom stereocenters. The zero-order chi connectivity index (χ0) is 22.5. The molecule has 0 saturated heterocycles. The summed E-state index contributed by atoms with van der Waals surface area (Å²) in [6.07, 6.45) is -0.319. The van der Waals surface area contributed by atoms with Crippen LogP contribution in [-0.2, 0) is 11.8 Å². The highest BCUT2D eigenvalue weighted by Crippen LogP contribution is 2.29. The first kappa shape index (κ1) is 23.0. The molecule has 0 aliphatic rings. The van der Waals surface area contributed by atoms with E-state index in [-0.39, 0.29) is 17.8 Å². The highest BCUT2D eigenvalue weighted by Gasteiger charge is 2.18. The predicted molar refractivity (Wildman–Crippen MR) is 123 cm³/mol. The molecule has 1 amide bonds. The molecule has 0 radical (unpaired) electrons. The van der Waals surface area contributed by atoms with E-state index in [0.29, 0.717) is 16.7 Å². The van der Waals surface area contributed by atoms with Crippen LogP contribution in [0.3, 0.4) is 0 Å². The molecule has 0 aliphatic carbocycles. The van der Waals surface area contributed by atoms with E-state index in [0.717, 1.165) is 27.6 Å². The Hall–Kier alpha value is -2.71. The summed E-state index contributed by atoms with van der Waals surface area (Å²) in [6, 6.07) is 11.0. The molecule has 1 heterocycles. The summed E-state index contributed by atoms with van der Waals surface area (Å²) >= 11 is 7.55. The van der Waals surface area contributed by atoms with Crippen molar-refractivity contribution in [3.8, 4) is 11.5 Å². The third kappa shape index (κ3) is 5.71. The lowest BCUT2D eigenvalue weighted by Crippen LogP contribution is -2.14. The molecule has 0 saturated carbocycles. The van der Waals surface area contributed by atoms with Crippen LogP contribution in [0, 0.1) is 13.8 Å². The number of hydrogen-bond acceptors (Lipinski definition) is 6. The predicted octanol–water partition coefficient (Wildman–Crippen LogP) is 4.96. The fourth-order valence-electron chi connectivity index (χ4n) is 3.04. The van der Waals surface area contributed by atoms with Gasteiger partial charge >= 0.3 is 0 Å². The van der Waals surface area contributed by atoms with Crippen LogP contribution in [0.5, 0.6) is 11.5 Å². The summed E-state index contributed by atoms with van der Waals surface area (Å²) in [4.78, 5) is 12.3. The van der Waals surface area contributed by atoms with Gasteiger partial charge in [-0.05, 0) is 68.3 Å². The first-order valence-electron chi connectivity index (χ1n) is 9.68. The highest BCUT2D eigenvalue weighted by molar-refractivity contribution is 7.99. The Balaban J connectivity index is 1.59. The van der Waals surface area contributed by atoms with E-state index in [1.165, 1.54) is 11.8 Å². The standard InChI is InChI=1S/C22H25ClN4O3S/c1-13-10-18(11-14(2)20(13)23)30-15(3)21-25-26-22(27(21)4)31-12-19(28)24-16-6-8-17(29-5)9-7-16/h6-11,15H,12H2,1-5H3,(H,24,28). The van der Waals surface area contributed by atoms with Crippen molar-refractivity contribution < 1.29 is 14.3 Å². The largest absolute Gasteiger partial charge is 0.497 e. The lowest BCUT2D eigenvalue weighted by Gasteiger charge is -2.16. The molecule has 9 heteroatoms. The second kappa shape index (κ2) is 10.1. The molecular weight excluding hydrogens is 436 g/mol. The third-order valence-corrected chi connectivity index (χ3v) is 6.28. The van der Waals surface area contributed by atoms with Crippen LogP contribution >= 0.6 is 23.4 Å². The van der Waals surface area contributed by atoms with Gasteiger partial charge in [-0.2, -0.15) is 0 Å². The Morgan fingerprint density at radius 1 is 1.16 bits per heavy atom. The number of benzene rings is 2. The van der Waals surface area contributed by atoms with Crippen molar-refractivity contribution in [2.75, 3.05) is 18.2 Å². The molecule has 1 N–H and O–H groups in total. The Labute approximate surface area is 191 Å². The number of anilines is 1. The number of nitrogens with zero attached hydrogens (tertiary/aromatic N) is 3. The van der Waals surface area contributed by atoms with Gasteiger partial charge in [-0.25, -0.2) is 0 Å². The van der Waals surface area contributed by atoms with Crippen LogP contribution in [0.15, 0.2) is 41.6 Å². The molecule has 0 bridgehead atoms. The minimum atomic E-state index is -0.319. The molecule has 0 fully saturated rings. The summed E-state index contributed by atoms with van der Waals surface area (Å²) in [7, 11) is 3.46. The summed E-state index contributed by atoms with van der Waals surface area (Å²) in [5.74, 6) is 2.21. The average molecular weight is 461 g/mol. The van der Waals surface area contributed by atoms with Crippen LogP contribution < -0.4 is 14.8 Å². The number of halogens is 1. The van der Waals surface area contributed by atoms with Crippen LogP contribution in [0.1, 0.15) is 30.0 Å². The first-order chi connectivity index (χ1) is 14.8. The Kier molecular flexibility index (Phi) is 7.46. The maximum atomic E-state index is 12.3. The maximum Gasteiger partial charge on any atom is 0.234 e. The van der Waals surface area contributed by atoms with Crippen LogP contribution in [0.4, 0.5) is 5.69 Å². The molecule has 0 spiro atoms. The summed E-state index contributed by atoms with van der Waals surface area (Å²) in [6.45, 7) is 5.80. The van der Waals surface area contributed by atoms with E-state index in [1.54, 1.807) is 31.4 Å². The number of rotatable bonds is 8. The van der Waals surface area contributed by atoms with Gasteiger partial charge in [-0.3, -0.25) is 4.79 Å². The van der Waals surface area contributed by atoms with Gasteiger partial charge in [-0.1, -0.05) is 23.4 Å². The molecule has 1 aromatic heterocycles. The highest BCUT2D eigenvalue weighted by atomic mass is 35.5.